The van der Waals surface area contributed by atoms with Crippen molar-refractivity contribution in [2.75, 3.05) is 19.0 Å². The topological polar surface area (TPSA) is 95.7 Å². The SMILES string of the molecule is CCOc1ccc(Cc2ccc(NC(N)=O)cc2C(F)(F)F)nc1OCc1ccc(OC)cc1. The number of carbonyl (C=O) groups is 1. The van der Waals surface area contributed by atoms with Gasteiger partial charge in [-0.1, -0.05) is 18.2 Å². The highest BCUT2D eigenvalue weighted by molar-refractivity contribution is 5.87. The minimum atomic E-state index is -4.64. The average molecular weight is 475 g/mol. The average Bonchev–Trinajstić information content (AvgIpc) is 2.79. The molecule has 0 bridgehead atoms. The van der Waals surface area contributed by atoms with Crippen LogP contribution >= 0.6 is 0 Å². The van der Waals surface area contributed by atoms with E-state index in [1.807, 2.05) is 12.1 Å². The minimum absolute atomic E-state index is 0.0136. The number of carbonyl (C=O) groups excluding carboxylic acids is 1. The van der Waals surface area contributed by atoms with Crippen molar-refractivity contribution in [2.45, 2.75) is 26.1 Å². The van der Waals surface area contributed by atoms with E-state index in [9.17, 15) is 18.0 Å². The zero-order valence-corrected chi connectivity index (χ0v) is 18.6. The van der Waals surface area contributed by atoms with E-state index in [0.717, 1.165) is 11.6 Å². The van der Waals surface area contributed by atoms with Gasteiger partial charge in [0.05, 0.1) is 19.3 Å². The number of anilines is 1. The molecule has 0 saturated carbocycles. The predicted molar refractivity (Wildman–Crippen MR) is 120 cm³/mol. The van der Waals surface area contributed by atoms with Crippen molar-refractivity contribution in [3.8, 4) is 17.4 Å². The van der Waals surface area contributed by atoms with Crippen molar-refractivity contribution in [2.24, 2.45) is 5.73 Å². The molecule has 3 aromatic rings. The Morgan fingerprint density at radius 3 is 2.41 bits per heavy atom. The molecule has 0 unspecified atom stereocenters. The Morgan fingerprint density at radius 1 is 1.06 bits per heavy atom. The molecule has 2 aromatic carbocycles. The predicted octanol–water partition coefficient (Wildman–Crippen LogP) is 5.17. The minimum Gasteiger partial charge on any atom is -0.497 e. The largest absolute Gasteiger partial charge is 0.497 e. The molecule has 7 nitrogen and oxygen atoms in total. The van der Waals surface area contributed by atoms with Crippen molar-refractivity contribution in [3.05, 3.63) is 77.0 Å². The van der Waals surface area contributed by atoms with Gasteiger partial charge < -0.3 is 25.3 Å². The van der Waals surface area contributed by atoms with Gasteiger partial charge in [0, 0.05) is 17.8 Å². The highest BCUT2D eigenvalue weighted by atomic mass is 19.4. The number of aromatic nitrogens is 1. The number of halogens is 3. The van der Waals surface area contributed by atoms with Crippen LogP contribution in [-0.4, -0.2) is 24.7 Å². The Kier molecular flexibility index (Phi) is 7.83. The smallest absolute Gasteiger partial charge is 0.416 e. The normalized spacial score (nSPS) is 11.1. The summed E-state index contributed by atoms with van der Waals surface area (Å²) in [5.41, 5.74) is 5.27. The standard InChI is InChI=1S/C24H24F3N3O4/c1-3-33-21-11-8-17(29-22(21)34-14-15-4-9-19(32-2)10-5-15)12-16-6-7-18(30-23(28)31)13-20(16)24(25,26)27/h4-11,13H,3,12,14H2,1-2H3,(H3,28,30,31). The third kappa shape index (κ3) is 6.53. The van der Waals surface area contributed by atoms with Crippen LogP contribution in [0.3, 0.4) is 0 Å². The van der Waals surface area contributed by atoms with Crippen LogP contribution in [0.1, 0.15) is 29.3 Å². The first-order valence-electron chi connectivity index (χ1n) is 10.3. The third-order valence-corrected chi connectivity index (χ3v) is 4.77. The number of nitrogens with two attached hydrogens (primary N) is 1. The van der Waals surface area contributed by atoms with E-state index >= 15 is 0 Å². The zero-order valence-electron chi connectivity index (χ0n) is 18.6. The number of primary amides is 1. The molecule has 0 saturated heterocycles. The molecule has 0 aliphatic rings. The fourth-order valence-corrected chi connectivity index (χ4v) is 3.22. The third-order valence-electron chi connectivity index (χ3n) is 4.77. The van der Waals surface area contributed by atoms with Crippen LogP contribution in [0.5, 0.6) is 17.4 Å². The van der Waals surface area contributed by atoms with Crippen LogP contribution in [0, 0.1) is 0 Å². The molecular formula is C24H24F3N3O4. The van der Waals surface area contributed by atoms with Gasteiger partial charge in [0.2, 0.25) is 0 Å². The van der Waals surface area contributed by atoms with Crippen LogP contribution in [0.25, 0.3) is 0 Å². The quantitative estimate of drug-likeness (QED) is 0.445. The Bertz CT molecular complexity index is 1140. The van der Waals surface area contributed by atoms with E-state index in [1.54, 1.807) is 38.3 Å². The van der Waals surface area contributed by atoms with E-state index < -0.39 is 17.8 Å². The Morgan fingerprint density at radius 2 is 1.79 bits per heavy atom. The van der Waals surface area contributed by atoms with Gasteiger partial charge in [-0.05, 0) is 54.4 Å². The molecule has 3 N–H and O–H groups in total. The number of alkyl halides is 3. The Hall–Kier alpha value is -3.95. The fraction of sp³-hybridized carbons (Fsp3) is 0.250. The van der Waals surface area contributed by atoms with Crippen molar-refractivity contribution >= 4 is 11.7 Å². The maximum absolute atomic E-state index is 13.7. The maximum atomic E-state index is 13.7. The van der Waals surface area contributed by atoms with Gasteiger partial charge >= 0.3 is 12.2 Å². The first-order chi connectivity index (χ1) is 16.2. The van der Waals surface area contributed by atoms with E-state index in [1.165, 1.54) is 12.1 Å². The highest BCUT2D eigenvalue weighted by Crippen LogP contribution is 2.35. The first-order valence-corrected chi connectivity index (χ1v) is 10.3. The van der Waals surface area contributed by atoms with Gasteiger partial charge in [0.25, 0.3) is 5.88 Å². The lowest BCUT2D eigenvalue weighted by Gasteiger charge is -2.16. The van der Waals surface area contributed by atoms with E-state index in [2.05, 4.69) is 10.3 Å². The summed E-state index contributed by atoms with van der Waals surface area (Å²) in [6.07, 6.45) is -4.75. The molecule has 3 rings (SSSR count). The fourth-order valence-electron chi connectivity index (χ4n) is 3.22. The lowest BCUT2D eigenvalue weighted by atomic mass is 10.0. The monoisotopic (exact) mass is 475 g/mol. The van der Waals surface area contributed by atoms with Crippen molar-refractivity contribution in [1.29, 1.82) is 0 Å². The number of amides is 2. The van der Waals surface area contributed by atoms with Crippen molar-refractivity contribution < 1.29 is 32.2 Å². The molecule has 1 heterocycles. The lowest BCUT2D eigenvalue weighted by Crippen LogP contribution is -2.20. The number of ether oxygens (including phenoxy) is 3. The molecule has 180 valence electrons. The number of nitrogens with zero attached hydrogens (tertiary/aromatic N) is 1. The van der Waals surface area contributed by atoms with Gasteiger partial charge in [-0.25, -0.2) is 9.78 Å². The molecule has 2 amide bonds. The molecule has 0 aliphatic carbocycles. The van der Waals surface area contributed by atoms with Gasteiger partial charge in [0.15, 0.2) is 5.75 Å². The van der Waals surface area contributed by atoms with E-state index in [0.29, 0.717) is 23.8 Å². The summed E-state index contributed by atoms with van der Waals surface area (Å²) in [5.74, 6) is 1.27. The molecule has 0 aliphatic heterocycles. The number of nitrogens with one attached hydrogen (secondary N) is 1. The number of methoxy groups -OCH3 is 1. The molecule has 0 fully saturated rings. The molecule has 0 atom stereocenters. The summed E-state index contributed by atoms with van der Waals surface area (Å²) in [4.78, 5) is 15.4. The molecule has 10 heteroatoms. The molecule has 0 spiro atoms. The second-order valence-electron chi connectivity index (χ2n) is 7.21. The summed E-state index contributed by atoms with van der Waals surface area (Å²) >= 11 is 0. The molecule has 1 aromatic heterocycles. The number of urea groups is 1. The van der Waals surface area contributed by atoms with Gasteiger partial charge in [-0.15, -0.1) is 0 Å². The Labute approximate surface area is 194 Å². The van der Waals surface area contributed by atoms with Crippen LogP contribution in [0.4, 0.5) is 23.7 Å². The molecule has 0 radical (unpaired) electrons. The van der Waals surface area contributed by atoms with Gasteiger partial charge in [-0.3, -0.25) is 0 Å². The zero-order chi connectivity index (χ0) is 24.7. The molecular weight excluding hydrogens is 451 g/mol. The van der Waals surface area contributed by atoms with E-state index in [4.69, 9.17) is 19.9 Å². The second-order valence-corrected chi connectivity index (χ2v) is 7.21. The summed E-state index contributed by atoms with van der Waals surface area (Å²) in [6, 6.07) is 13.0. The van der Waals surface area contributed by atoms with E-state index in [-0.39, 0.29) is 30.2 Å². The summed E-state index contributed by atoms with van der Waals surface area (Å²) in [5, 5.41) is 2.16. The maximum Gasteiger partial charge on any atom is 0.416 e. The lowest BCUT2D eigenvalue weighted by molar-refractivity contribution is -0.138. The summed E-state index contributed by atoms with van der Waals surface area (Å²) in [7, 11) is 1.57. The second kappa shape index (κ2) is 10.8. The van der Waals surface area contributed by atoms with Crippen LogP contribution in [0.2, 0.25) is 0 Å². The van der Waals surface area contributed by atoms with Crippen molar-refractivity contribution in [3.63, 3.8) is 0 Å². The number of pyridine rings is 1. The van der Waals surface area contributed by atoms with Crippen LogP contribution in [0.15, 0.2) is 54.6 Å². The first kappa shape index (κ1) is 24.7. The number of hydrogen-bond donors (Lipinski definition) is 2. The number of hydrogen-bond acceptors (Lipinski definition) is 5. The number of benzene rings is 2. The number of rotatable bonds is 9. The Balaban J connectivity index is 1.86. The van der Waals surface area contributed by atoms with Crippen LogP contribution < -0.4 is 25.3 Å². The van der Waals surface area contributed by atoms with Gasteiger partial charge in [-0.2, -0.15) is 13.2 Å². The van der Waals surface area contributed by atoms with Crippen LogP contribution in [-0.2, 0) is 19.2 Å². The molecule has 34 heavy (non-hydrogen) atoms. The van der Waals surface area contributed by atoms with Crippen molar-refractivity contribution in [1.82, 2.24) is 4.98 Å². The summed E-state index contributed by atoms with van der Waals surface area (Å²) in [6.45, 7) is 2.35. The summed E-state index contributed by atoms with van der Waals surface area (Å²) < 4.78 is 57.5. The highest BCUT2D eigenvalue weighted by Gasteiger charge is 2.33. The van der Waals surface area contributed by atoms with Gasteiger partial charge in [0.1, 0.15) is 12.4 Å².